The Bertz CT molecular complexity index is 603. The number of aliphatic hydroxyl groups excluding tert-OH is 3. The molecule has 0 aliphatic carbocycles. The van der Waals surface area contributed by atoms with E-state index in [2.05, 4.69) is 15.0 Å². The average molecular weight is 266 g/mol. The van der Waals surface area contributed by atoms with Crippen LogP contribution in [-0.4, -0.2) is 53.2 Å². The zero-order chi connectivity index (χ0) is 13.6. The first-order chi connectivity index (χ1) is 9.13. The summed E-state index contributed by atoms with van der Waals surface area (Å²) >= 11 is 0. The van der Waals surface area contributed by atoms with E-state index in [-0.39, 0.29) is 5.82 Å². The van der Waals surface area contributed by atoms with Crippen LogP contribution in [0.2, 0.25) is 0 Å². The number of anilines is 1. The van der Waals surface area contributed by atoms with Crippen molar-refractivity contribution in [3.8, 4) is 0 Å². The van der Waals surface area contributed by atoms with Crippen molar-refractivity contribution in [2.24, 2.45) is 0 Å². The lowest BCUT2D eigenvalue weighted by atomic mass is 10.1. The summed E-state index contributed by atoms with van der Waals surface area (Å²) in [5, 5.41) is 28.6. The molecule has 1 radical (unpaired) electrons. The van der Waals surface area contributed by atoms with Gasteiger partial charge in [0, 0.05) is 0 Å². The Labute approximate surface area is 107 Å². The van der Waals surface area contributed by atoms with Gasteiger partial charge in [-0.05, 0) is 0 Å². The molecule has 0 aromatic carbocycles. The molecular weight excluding hydrogens is 254 g/mol. The van der Waals surface area contributed by atoms with E-state index in [1.54, 1.807) is 0 Å². The van der Waals surface area contributed by atoms with Gasteiger partial charge in [0.25, 0.3) is 0 Å². The van der Waals surface area contributed by atoms with Crippen LogP contribution in [0.3, 0.4) is 0 Å². The van der Waals surface area contributed by atoms with Gasteiger partial charge >= 0.3 is 0 Å². The maximum absolute atomic E-state index is 9.93. The maximum Gasteiger partial charge on any atom is 0.167 e. The van der Waals surface area contributed by atoms with Crippen molar-refractivity contribution in [3.05, 3.63) is 19.3 Å². The highest BCUT2D eigenvalue weighted by Crippen LogP contribution is 2.32. The standard InChI is InChI=1S/C10H12N5O4/c11-8-5-9(13-2-12-8)15(3-14-5)10-7(18)6(17)4(1-16)19-10/h1-4,6-7,10,16-18H,(H2,11,12,13)/t4-,6-,7-,10-/m1/s1. The Balaban J connectivity index is 2.04. The lowest BCUT2D eigenvalue weighted by Gasteiger charge is -2.16. The molecular formula is C10H12N5O4. The van der Waals surface area contributed by atoms with Crippen LogP contribution in [0.4, 0.5) is 5.82 Å². The highest BCUT2D eigenvalue weighted by Gasteiger charge is 2.44. The third kappa shape index (κ3) is 1.75. The molecule has 2 aromatic heterocycles. The van der Waals surface area contributed by atoms with Crippen LogP contribution in [0.25, 0.3) is 11.2 Å². The number of nitrogens with two attached hydrogens (primary N) is 1. The first-order valence-electron chi connectivity index (χ1n) is 5.55. The second-order valence-electron chi connectivity index (χ2n) is 4.20. The largest absolute Gasteiger partial charge is 0.387 e. The summed E-state index contributed by atoms with van der Waals surface area (Å²) in [4.78, 5) is 11.9. The molecule has 3 heterocycles. The van der Waals surface area contributed by atoms with Crippen molar-refractivity contribution < 1.29 is 20.1 Å². The number of ether oxygens (including phenoxy) is 1. The van der Waals surface area contributed by atoms with Crippen LogP contribution in [0, 0.1) is 6.61 Å². The second kappa shape index (κ2) is 4.38. The zero-order valence-corrected chi connectivity index (χ0v) is 9.66. The molecule has 0 amide bonds. The lowest BCUT2D eigenvalue weighted by Crippen LogP contribution is -2.31. The highest BCUT2D eigenvalue weighted by molar-refractivity contribution is 5.81. The predicted octanol–water partition coefficient (Wildman–Crippen LogP) is -1.44. The van der Waals surface area contributed by atoms with Crippen LogP contribution in [0.1, 0.15) is 6.23 Å². The summed E-state index contributed by atoms with van der Waals surface area (Å²) < 4.78 is 6.78. The Morgan fingerprint density at radius 2 is 2.05 bits per heavy atom. The summed E-state index contributed by atoms with van der Waals surface area (Å²) in [5.74, 6) is 0.210. The molecule has 2 aromatic rings. The van der Waals surface area contributed by atoms with Crippen LogP contribution in [-0.2, 0) is 4.74 Å². The molecule has 0 saturated carbocycles. The van der Waals surface area contributed by atoms with Crippen LogP contribution in [0.15, 0.2) is 12.7 Å². The van der Waals surface area contributed by atoms with Gasteiger partial charge in [0.05, 0.1) is 6.33 Å². The number of fused-ring (bicyclic) bond motifs is 1. The summed E-state index contributed by atoms with van der Waals surface area (Å²) in [7, 11) is 0. The lowest BCUT2D eigenvalue weighted by molar-refractivity contribution is -0.0361. The molecule has 0 bridgehead atoms. The average Bonchev–Trinajstić information content (AvgIpc) is 2.94. The minimum Gasteiger partial charge on any atom is -0.387 e. The fourth-order valence-electron chi connectivity index (χ4n) is 2.09. The Morgan fingerprint density at radius 3 is 2.74 bits per heavy atom. The van der Waals surface area contributed by atoms with Gasteiger partial charge in [-0.15, -0.1) is 0 Å². The molecule has 101 valence electrons. The molecule has 4 atom stereocenters. The first kappa shape index (κ1) is 12.2. The molecule has 1 aliphatic rings. The summed E-state index contributed by atoms with van der Waals surface area (Å²) in [6.45, 7) is 0.691. The zero-order valence-electron chi connectivity index (χ0n) is 9.66. The van der Waals surface area contributed by atoms with Crippen molar-refractivity contribution >= 4 is 17.0 Å². The van der Waals surface area contributed by atoms with Crippen molar-refractivity contribution in [1.29, 1.82) is 0 Å². The molecule has 9 nitrogen and oxygen atoms in total. The van der Waals surface area contributed by atoms with E-state index in [1.165, 1.54) is 17.2 Å². The maximum atomic E-state index is 9.93. The summed E-state index contributed by atoms with van der Waals surface area (Å²) in [6, 6.07) is 0. The van der Waals surface area contributed by atoms with E-state index in [0.29, 0.717) is 17.8 Å². The third-order valence-corrected chi connectivity index (χ3v) is 3.08. The molecule has 1 aliphatic heterocycles. The Morgan fingerprint density at radius 1 is 1.26 bits per heavy atom. The smallest absolute Gasteiger partial charge is 0.167 e. The number of nitrogens with zero attached hydrogens (tertiary/aromatic N) is 4. The number of hydrogen-bond donors (Lipinski definition) is 4. The number of aliphatic hydroxyl groups is 3. The van der Waals surface area contributed by atoms with Gasteiger partial charge in [0.2, 0.25) is 0 Å². The predicted molar refractivity (Wildman–Crippen MR) is 61.9 cm³/mol. The van der Waals surface area contributed by atoms with E-state index in [0.717, 1.165) is 0 Å². The van der Waals surface area contributed by atoms with Crippen LogP contribution in [0.5, 0.6) is 0 Å². The van der Waals surface area contributed by atoms with E-state index in [1.807, 2.05) is 0 Å². The number of rotatable bonds is 2. The number of imidazole rings is 1. The molecule has 5 N–H and O–H groups in total. The van der Waals surface area contributed by atoms with Crippen LogP contribution >= 0.6 is 0 Å². The van der Waals surface area contributed by atoms with E-state index < -0.39 is 24.5 Å². The SMILES string of the molecule is Nc1ncnc2c1ncn2[C@@H]1O[C@H]([CH]O)[C@@H](O)[C@H]1O. The topological polar surface area (TPSA) is 140 Å². The van der Waals surface area contributed by atoms with Gasteiger partial charge in [0.1, 0.15) is 36.8 Å². The van der Waals surface area contributed by atoms with E-state index >= 15 is 0 Å². The Hall–Kier alpha value is -1.81. The van der Waals surface area contributed by atoms with Crippen molar-refractivity contribution in [2.75, 3.05) is 5.73 Å². The van der Waals surface area contributed by atoms with Gasteiger partial charge < -0.3 is 25.8 Å². The molecule has 0 unspecified atom stereocenters. The fraction of sp³-hybridized carbons (Fsp3) is 0.400. The van der Waals surface area contributed by atoms with Crippen molar-refractivity contribution in [1.82, 2.24) is 19.5 Å². The molecule has 19 heavy (non-hydrogen) atoms. The van der Waals surface area contributed by atoms with Gasteiger partial charge in [-0.1, -0.05) is 0 Å². The molecule has 0 spiro atoms. The van der Waals surface area contributed by atoms with Gasteiger partial charge in [0.15, 0.2) is 17.7 Å². The molecule has 3 rings (SSSR count). The van der Waals surface area contributed by atoms with Gasteiger partial charge in [-0.2, -0.15) is 0 Å². The minimum atomic E-state index is -1.23. The van der Waals surface area contributed by atoms with E-state index in [9.17, 15) is 10.2 Å². The number of hydrogen-bond acceptors (Lipinski definition) is 8. The molecule has 1 saturated heterocycles. The van der Waals surface area contributed by atoms with Gasteiger partial charge in [-0.3, -0.25) is 4.57 Å². The Kier molecular flexibility index (Phi) is 2.82. The second-order valence-corrected chi connectivity index (χ2v) is 4.20. The fourth-order valence-corrected chi connectivity index (χ4v) is 2.09. The monoisotopic (exact) mass is 266 g/mol. The van der Waals surface area contributed by atoms with Gasteiger partial charge in [-0.25, -0.2) is 15.0 Å². The number of nitrogen functional groups attached to an aromatic ring is 1. The first-order valence-corrected chi connectivity index (χ1v) is 5.55. The minimum absolute atomic E-state index is 0.210. The van der Waals surface area contributed by atoms with E-state index in [4.69, 9.17) is 15.6 Å². The van der Waals surface area contributed by atoms with Crippen molar-refractivity contribution in [2.45, 2.75) is 24.5 Å². The molecule has 1 fully saturated rings. The quantitative estimate of drug-likeness (QED) is 0.518. The highest BCUT2D eigenvalue weighted by atomic mass is 16.6. The summed E-state index contributed by atoms with van der Waals surface area (Å²) in [6.07, 6.45) is -1.69. The third-order valence-electron chi connectivity index (χ3n) is 3.08. The van der Waals surface area contributed by atoms with Crippen LogP contribution < -0.4 is 5.73 Å². The normalized spacial score (nSPS) is 31.1. The number of aromatic nitrogens is 4. The molecule has 9 heteroatoms. The summed E-state index contributed by atoms with van der Waals surface area (Å²) in [5.41, 5.74) is 6.41. The van der Waals surface area contributed by atoms with Crippen molar-refractivity contribution in [3.63, 3.8) is 0 Å².